The molecular formula is C13H18N2O2S3. The Labute approximate surface area is 129 Å². The fourth-order valence-electron chi connectivity index (χ4n) is 2.13. The Hall–Kier alpha value is -0.630. The summed E-state index contributed by atoms with van der Waals surface area (Å²) in [5, 5.41) is 0. The molecule has 0 aliphatic carbocycles. The van der Waals surface area contributed by atoms with Crippen molar-refractivity contribution in [3.63, 3.8) is 0 Å². The molecule has 20 heavy (non-hydrogen) atoms. The molecule has 1 unspecified atom stereocenters. The number of aryl methyl sites for hydroxylation is 1. The highest BCUT2D eigenvalue weighted by atomic mass is 32.2. The minimum Gasteiger partial charge on any atom is -0.389 e. The smallest absolute Gasteiger partial charge is 0.240 e. The summed E-state index contributed by atoms with van der Waals surface area (Å²) in [5.41, 5.74) is 7.07. The van der Waals surface area contributed by atoms with Gasteiger partial charge in [-0.05, 0) is 48.5 Å². The second-order valence-electron chi connectivity index (χ2n) is 4.92. The first-order valence-corrected chi connectivity index (χ1v) is 9.42. The summed E-state index contributed by atoms with van der Waals surface area (Å²) in [4.78, 5) is 0.544. The van der Waals surface area contributed by atoms with Crippen molar-refractivity contribution in [3.8, 4) is 0 Å². The molecule has 1 aromatic rings. The van der Waals surface area contributed by atoms with Gasteiger partial charge in [0.25, 0.3) is 0 Å². The van der Waals surface area contributed by atoms with Crippen molar-refractivity contribution in [2.45, 2.75) is 18.2 Å². The molecule has 1 heterocycles. The van der Waals surface area contributed by atoms with Crippen molar-refractivity contribution < 1.29 is 8.42 Å². The molecule has 0 radical (unpaired) electrons. The summed E-state index contributed by atoms with van der Waals surface area (Å²) in [6.07, 6.45) is 1.08. The predicted octanol–water partition coefficient (Wildman–Crippen LogP) is 1.66. The van der Waals surface area contributed by atoms with E-state index >= 15 is 0 Å². The van der Waals surface area contributed by atoms with E-state index in [4.69, 9.17) is 18.0 Å². The van der Waals surface area contributed by atoms with Gasteiger partial charge in [-0.2, -0.15) is 11.8 Å². The zero-order valence-electron chi connectivity index (χ0n) is 11.3. The van der Waals surface area contributed by atoms with E-state index in [-0.39, 0.29) is 9.88 Å². The molecule has 0 amide bonds. The van der Waals surface area contributed by atoms with Crippen LogP contribution in [-0.4, -0.2) is 31.5 Å². The zero-order chi connectivity index (χ0) is 14.8. The van der Waals surface area contributed by atoms with E-state index in [9.17, 15) is 8.42 Å². The van der Waals surface area contributed by atoms with Crippen molar-refractivity contribution in [1.82, 2.24) is 4.72 Å². The Bertz CT molecular complexity index is 608. The molecule has 0 spiro atoms. The number of thiocarbonyl (C=S) groups is 1. The highest BCUT2D eigenvalue weighted by molar-refractivity contribution is 7.99. The molecule has 0 saturated carbocycles. The third-order valence-corrected chi connectivity index (χ3v) is 6.23. The first-order valence-electron chi connectivity index (χ1n) is 6.38. The zero-order valence-corrected chi connectivity index (χ0v) is 13.7. The van der Waals surface area contributed by atoms with E-state index in [0.717, 1.165) is 23.5 Å². The van der Waals surface area contributed by atoms with Crippen molar-refractivity contribution in [2.75, 3.05) is 18.1 Å². The minimum absolute atomic E-state index is 0.264. The van der Waals surface area contributed by atoms with Crippen LogP contribution in [0.1, 0.15) is 17.5 Å². The molecule has 1 aromatic carbocycles. The summed E-state index contributed by atoms with van der Waals surface area (Å²) in [5.74, 6) is 2.59. The molecule has 1 fully saturated rings. The maximum atomic E-state index is 12.2. The number of sulfonamides is 1. The van der Waals surface area contributed by atoms with Gasteiger partial charge in [0, 0.05) is 12.1 Å². The van der Waals surface area contributed by atoms with Gasteiger partial charge in [-0.1, -0.05) is 18.3 Å². The van der Waals surface area contributed by atoms with Crippen LogP contribution in [0.3, 0.4) is 0 Å². The molecule has 1 atom stereocenters. The second kappa shape index (κ2) is 6.43. The maximum absolute atomic E-state index is 12.2. The lowest BCUT2D eigenvalue weighted by Crippen LogP contribution is -2.29. The number of thioether (sulfide) groups is 1. The van der Waals surface area contributed by atoms with E-state index in [1.165, 1.54) is 0 Å². The number of benzene rings is 1. The van der Waals surface area contributed by atoms with Gasteiger partial charge >= 0.3 is 0 Å². The number of rotatable bonds is 5. The summed E-state index contributed by atoms with van der Waals surface area (Å²) in [6.45, 7) is 2.31. The van der Waals surface area contributed by atoms with Crippen LogP contribution in [0.5, 0.6) is 0 Å². The van der Waals surface area contributed by atoms with E-state index in [2.05, 4.69) is 4.72 Å². The van der Waals surface area contributed by atoms with Gasteiger partial charge in [-0.3, -0.25) is 0 Å². The van der Waals surface area contributed by atoms with Crippen molar-refractivity contribution in [1.29, 1.82) is 0 Å². The highest BCUT2D eigenvalue weighted by Gasteiger charge is 2.20. The molecule has 0 bridgehead atoms. The van der Waals surface area contributed by atoms with Crippen LogP contribution >= 0.6 is 24.0 Å². The van der Waals surface area contributed by atoms with Crippen LogP contribution in [0.2, 0.25) is 0 Å². The van der Waals surface area contributed by atoms with Crippen LogP contribution < -0.4 is 10.5 Å². The van der Waals surface area contributed by atoms with E-state index in [0.29, 0.717) is 18.0 Å². The molecule has 2 rings (SSSR count). The number of hydrogen-bond acceptors (Lipinski definition) is 4. The molecular weight excluding hydrogens is 312 g/mol. The maximum Gasteiger partial charge on any atom is 0.240 e. The van der Waals surface area contributed by atoms with Gasteiger partial charge in [0.1, 0.15) is 4.99 Å². The van der Waals surface area contributed by atoms with Crippen LogP contribution in [-0.2, 0) is 10.0 Å². The van der Waals surface area contributed by atoms with E-state index in [1.54, 1.807) is 25.1 Å². The molecule has 7 heteroatoms. The first kappa shape index (κ1) is 15.8. The van der Waals surface area contributed by atoms with Gasteiger partial charge in [0.05, 0.1) is 4.90 Å². The van der Waals surface area contributed by atoms with Gasteiger partial charge < -0.3 is 5.73 Å². The largest absolute Gasteiger partial charge is 0.389 e. The van der Waals surface area contributed by atoms with E-state index in [1.807, 2.05) is 11.8 Å². The Morgan fingerprint density at radius 1 is 1.55 bits per heavy atom. The molecule has 1 saturated heterocycles. The first-order chi connectivity index (χ1) is 9.40. The lowest BCUT2D eigenvalue weighted by molar-refractivity contribution is 0.546. The molecule has 0 aromatic heterocycles. The summed E-state index contributed by atoms with van der Waals surface area (Å²) in [6, 6.07) is 4.82. The van der Waals surface area contributed by atoms with Crippen LogP contribution in [0.4, 0.5) is 0 Å². The second-order valence-corrected chi connectivity index (χ2v) is 8.28. The Balaban J connectivity index is 2.12. The molecule has 3 N–H and O–H groups in total. The Morgan fingerprint density at radius 3 is 2.85 bits per heavy atom. The normalized spacial score (nSPS) is 19.1. The fraction of sp³-hybridized carbons (Fsp3) is 0.462. The number of hydrogen-bond donors (Lipinski definition) is 2. The van der Waals surface area contributed by atoms with Gasteiger partial charge in [-0.15, -0.1) is 0 Å². The Kier molecular flexibility index (Phi) is 5.06. The average Bonchev–Trinajstić information content (AvgIpc) is 2.89. The lowest BCUT2D eigenvalue weighted by Gasteiger charge is -2.12. The van der Waals surface area contributed by atoms with E-state index < -0.39 is 10.0 Å². The quantitative estimate of drug-likeness (QED) is 0.804. The molecule has 1 aliphatic heterocycles. The van der Waals surface area contributed by atoms with Crippen molar-refractivity contribution in [3.05, 3.63) is 29.3 Å². The molecule has 110 valence electrons. The predicted molar refractivity (Wildman–Crippen MR) is 87.7 cm³/mol. The van der Waals surface area contributed by atoms with Crippen molar-refractivity contribution >= 4 is 39.0 Å². The summed E-state index contributed by atoms with van der Waals surface area (Å²) >= 11 is 6.79. The third kappa shape index (κ3) is 3.72. The minimum atomic E-state index is -3.46. The lowest BCUT2D eigenvalue weighted by atomic mass is 10.1. The van der Waals surface area contributed by atoms with Gasteiger partial charge in [0.2, 0.25) is 10.0 Å². The van der Waals surface area contributed by atoms with Crippen molar-refractivity contribution in [2.24, 2.45) is 11.7 Å². The fourth-order valence-corrected chi connectivity index (χ4v) is 4.85. The number of nitrogens with one attached hydrogen (secondary N) is 1. The standard InChI is InChI=1S/C13H18N2O2S3/c1-9-6-11(2-3-12(9)13(14)18)20(16,17)15-7-10-4-5-19-8-10/h2-3,6,10,15H,4-5,7-8H2,1H3,(H2,14,18). The topological polar surface area (TPSA) is 72.2 Å². The van der Waals surface area contributed by atoms with Crippen LogP contribution in [0, 0.1) is 12.8 Å². The SMILES string of the molecule is Cc1cc(S(=O)(=O)NCC2CCSC2)ccc1C(N)=S. The highest BCUT2D eigenvalue weighted by Crippen LogP contribution is 2.23. The molecule has 4 nitrogen and oxygen atoms in total. The monoisotopic (exact) mass is 330 g/mol. The van der Waals surface area contributed by atoms with Gasteiger partial charge in [0.15, 0.2) is 0 Å². The van der Waals surface area contributed by atoms with Crippen LogP contribution in [0.15, 0.2) is 23.1 Å². The van der Waals surface area contributed by atoms with Crippen LogP contribution in [0.25, 0.3) is 0 Å². The Morgan fingerprint density at radius 2 is 2.30 bits per heavy atom. The average molecular weight is 331 g/mol. The third-order valence-electron chi connectivity index (χ3n) is 3.36. The summed E-state index contributed by atoms with van der Waals surface area (Å²) in [7, 11) is -3.46. The molecule has 1 aliphatic rings. The summed E-state index contributed by atoms with van der Waals surface area (Å²) < 4.78 is 27.2. The van der Waals surface area contributed by atoms with Gasteiger partial charge in [-0.25, -0.2) is 13.1 Å². The number of nitrogens with two attached hydrogens (primary N) is 1.